The Labute approximate surface area is 245 Å². The fourth-order valence-electron chi connectivity index (χ4n) is 5.38. The Hall–Kier alpha value is -4.22. The molecule has 1 N–H and O–H groups in total. The van der Waals surface area contributed by atoms with Crippen molar-refractivity contribution >= 4 is 17.6 Å². The molecule has 224 valence electrons. The summed E-state index contributed by atoms with van der Waals surface area (Å²) in [4.78, 5) is 41.8. The number of carbonyl (C=O) groups is 2. The zero-order chi connectivity index (χ0) is 30.2. The number of para-hydroxylation sites is 1. The van der Waals surface area contributed by atoms with E-state index >= 15 is 0 Å². The summed E-state index contributed by atoms with van der Waals surface area (Å²) < 4.78 is 16.7. The second kappa shape index (κ2) is 14.1. The van der Waals surface area contributed by atoms with Crippen LogP contribution in [-0.2, 0) is 19.1 Å². The molecule has 0 saturated carbocycles. The maximum Gasteiger partial charge on any atom is 0.336 e. The van der Waals surface area contributed by atoms with Gasteiger partial charge in [-0.25, -0.2) is 9.59 Å². The Balaban J connectivity index is 1.34. The Bertz CT molecular complexity index is 1380. The first-order valence-corrected chi connectivity index (χ1v) is 14.0. The van der Waals surface area contributed by atoms with Crippen molar-refractivity contribution in [1.82, 2.24) is 15.1 Å². The average Bonchev–Trinajstić information content (AvgIpc) is 2.98. The number of hydrogen-bond acceptors (Lipinski definition) is 10. The number of piperazine rings is 1. The third kappa shape index (κ3) is 7.34. The van der Waals surface area contributed by atoms with Crippen LogP contribution in [0.5, 0.6) is 5.75 Å². The van der Waals surface area contributed by atoms with Crippen molar-refractivity contribution in [3.05, 3.63) is 92.3 Å². The number of nitrogens with zero attached hydrogens (tertiary/aromatic N) is 3. The molecular weight excluding hydrogens is 540 g/mol. The van der Waals surface area contributed by atoms with Crippen LogP contribution in [-0.4, -0.2) is 86.3 Å². The van der Waals surface area contributed by atoms with Crippen LogP contribution in [0, 0.1) is 17.0 Å². The molecule has 2 aromatic carbocycles. The van der Waals surface area contributed by atoms with Crippen molar-refractivity contribution < 1.29 is 28.7 Å². The fourth-order valence-corrected chi connectivity index (χ4v) is 5.38. The molecule has 2 heterocycles. The van der Waals surface area contributed by atoms with Gasteiger partial charge >= 0.3 is 11.9 Å². The number of non-ortho nitro benzene ring substituents is 1. The van der Waals surface area contributed by atoms with Crippen molar-refractivity contribution in [3.63, 3.8) is 0 Å². The van der Waals surface area contributed by atoms with Crippen LogP contribution in [0.1, 0.15) is 30.9 Å². The minimum Gasteiger partial charge on any atom is -0.492 e. The van der Waals surface area contributed by atoms with Crippen LogP contribution in [0.4, 0.5) is 5.69 Å². The maximum atomic E-state index is 13.5. The molecule has 11 heteroatoms. The number of ether oxygens (including phenoxy) is 3. The number of carbonyl (C=O) groups excluding carboxylic acids is 2. The number of benzene rings is 2. The fraction of sp³-hybridized carbons (Fsp3) is 0.419. The van der Waals surface area contributed by atoms with Gasteiger partial charge in [0.25, 0.3) is 5.69 Å². The lowest BCUT2D eigenvalue weighted by Gasteiger charge is -2.34. The molecule has 2 aliphatic rings. The molecule has 0 spiro atoms. The topological polar surface area (TPSA) is 123 Å². The lowest BCUT2D eigenvalue weighted by molar-refractivity contribution is -0.384. The van der Waals surface area contributed by atoms with Gasteiger partial charge in [-0.2, -0.15) is 0 Å². The number of rotatable bonds is 11. The van der Waals surface area contributed by atoms with Gasteiger partial charge in [0, 0.05) is 62.8 Å². The van der Waals surface area contributed by atoms with Gasteiger partial charge in [0.2, 0.25) is 0 Å². The van der Waals surface area contributed by atoms with Crippen molar-refractivity contribution in [2.24, 2.45) is 0 Å². The summed E-state index contributed by atoms with van der Waals surface area (Å²) in [6, 6.07) is 13.9. The summed E-state index contributed by atoms with van der Waals surface area (Å²) in [7, 11) is 1.26. The van der Waals surface area contributed by atoms with Crippen LogP contribution in [0.15, 0.2) is 71.1 Å². The molecule has 11 nitrogen and oxygen atoms in total. The Kier molecular flexibility index (Phi) is 10.3. The largest absolute Gasteiger partial charge is 0.492 e. The van der Waals surface area contributed by atoms with Crippen molar-refractivity contribution in [2.75, 3.05) is 59.6 Å². The van der Waals surface area contributed by atoms with E-state index < -0.39 is 22.8 Å². The van der Waals surface area contributed by atoms with E-state index in [0.29, 0.717) is 30.1 Å². The highest BCUT2D eigenvalue weighted by Crippen LogP contribution is 2.40. The summed E-state index contributed by atoms with van der Waals surface area (Å²) in [5.74, 6) is -1.18. The number of dihydropyridines is 1. The molecule has 0 radical (unpaired) electrons. The average molecular weight is 579 g/mol. The first-order chi connectivity index (χ1) is 20.2. The third-order valence-electron chi connectivity index (χ3n) is 7.66. The lowest BCUT2D eigenvalue weighted by Crippen LogP contribution is -2.48. The van der Waals surface area contributed by atoms with Crippen LogP contribution < -0.4 is 10.1 Å². The molecule has 1 fully saturated rings. The van der Waals surface area contributed by atoms with Gasteiger partial charge in [-0.3, -0.25) is 19.9 Å². The smallest absolute Gasteiger partial charge is 0.336 e. The summed E-state index contributed by atoms with van der Waals surface area (Å²) in [5.41, 5.74) is 2.87. The minimum atomic E-state index is -0.878. The van der Waals surface area contributed by atoms with Crippen molar-refractivity contribution in [3.8, 4) is 5.75 Å². The van der Waals surface area contributed by atoms with E-state index in [1.165, 1.54) is 25.3 Å². The van der Waals surface area contributed by atoms with Crippen LogP contribution in [0.2, 0.25) is 0 Å². The SMILES string of the molecule is COC(=O)C1=C(C)NC(C)=C(C(=O)OCCN2CCN(CCOc3ccccc3C)CC2)C1c1cccc([N+](=O)[O-])c1. The molecule has 4 rings (SSSR count). The van der Waals surface area contributed by atoms with Gasteiger partial charge in [0.1, 0.15) is 19.0 Å². The number of nitrogens with one attached hydrogen (secondary N) is 1. The molecule has 1 unspecified atom stereocenters. The Morgan fingerprint density at radius 1 is 0.905 bits per heavy atom. The molecular formula is C31H38N4O7. The molecule has 0 aliphatic carbocycles. The van der Waals surface area contributed by atoms with Gasteiger partial charge < -0.3 is 19.5 Å². The van der Waals surface area contributed by atoms with E-state index in [4.69, 9.17) is 14.2 Å². The highest BCUT2D eigenvalue weighted by molar-refractivity contribution is 5.99. The quantitative estimate of drug-likeness (QED) is 0.241. The predicted octanol–water partition coefficient (Wildman–Crippen LogP) is 3.55. The monoisotopic (exact) mass is 578 g/mol. The molecule has 1 saturated heterocycles. The number of hydrogen-bond donors (Lipinski definition) is 1. The van der Waals surface area contributed by atoms with Gasteiger partial charge in [-0.15, -0.1) is 0 Å². The molecule has 2 aliphatic heterocycles. The van der Waals surface area contributed by atoms with E-state index in [1.807, 2.05) is 31.2 Å². The third-order valence-corrected chi connectivity index (χ3v) is 7.66. The van der Waals surface area contributed by atoms with Gasteiger partial charge in [0.15, 0.2) is 0 Å². The van der Waals surface area contributed by atoms with Crippen LogP contribution in [0.3, 0.4) is 0 Å². The zero-order valence-electron chi connectivity index (χ0n) is 24.6. The van der Waals surface area contributed by atoms with Crippen molar-refractivity contribution in [1.29, 1.82) is 0 Å². The summed E-state index contributed by atoms with van der Waals surface area (Å²) >= 11 is 0. The molecule has 42 heavy (non-hydrogen) atoms. The van der Waals surface area contributed by atoms with Gasteiger partial charge in [-0.05, 0) is 38.0 Å². The van der Waals surface area contributed by atoms with E-state index in [9.17, 15) is 19.7 Å². The lowest BCUT2D eigenvalue weighted by atomic mass is 9.80. The molecule has 0 amide bonds. The molecule has 0 bridgehead atoms. The summed E-state index contributed by atoms with van der Waals surface area (Å²) in [6.07, 6.45) is 0. The normalized spacial score (nSPS) is 18.0. The highest BCUT2D eigenvalue weighted by atomic mass is 16.6. The molecule has 1 atom stereocenters. The predicted molar refractivity (Wildman–Crippen MR) is 157 cm³/mol. The van der Waals surface area contributed by atoms with Gasteiger partial charge in [-0.1, -0.05) is 30.3 Å². The highest BCUT2D eigenvalue weighted by Gasteiger charge is 2.38. The van der Waals surface area contributed by atoms with Crippen LogP contribution >= 0.6 is 0 Å². The van der Waals surface area contributed by atoms with Crippen LogP contribution in [0.25, 0.3) is 0 Å². The zero-order valence-corrected chi connectivity index (χ0v) is 24.6. The second-order valence-corrected chi connectivity index (χ2v) is 10.4. The number of aryl methyl sites for hydroxylation is 1. The minimum absolute atomic E-state index is 0.140. The summed E-state index contributed by atoms with van der Waals surface area (Å²) in [6.45, 7) is 11.1. The molecule has 0 aromatic heterocycles. The Morgan fingerprint density at radius 2 is 1.52 bits per heavy atom. The number of nitro groups is 1. The standard InChI is InChI=1S/C31H38N4O7/c1-21-8-5-6-11-26(21)41-18-16-33-12-14-34(15-13-33)17-19-42-31(37)28-23(3)32-22(2)27(30(36)40-4)29(28)24-9-7-10-25(20-24)35(38)39/h5-11,20,29,32H,12-19H2,1-4H3. The first kappa shape index (κ1) is 30.7. The van der Waals surface area contributed by atoms with E-state index in [2.05, 4.69) is 15.1 Å². The van der Waals surface area contributed by atoms with Crippen molar-refractivity contribution in [2.45, 2.75) is 26.7 Å². The van der Waals surface area contributed by atoms with E-state index in [-0.39, 0.29) is 23.4 Å². The summed E-state index contributed by atoms with van der Waals surface area (Å²) in [5, 5.41) is 14.5. The van der Waals surface area contributed by atoms with E-state index in [0.717, 1.165) is 44.0 Å². The number of nitro benzene ring substituents is 1. The Morgan fingerprint density at radius 3 is 2.14 bits per heavy atom. The number of methoxy groups -OCH3 is 1. The number of allylic oxidation sites excluding steroid dienone is 2. The number of esters is 2. The first-order valence-electron chi connectivity index (χ1n) is 14.0. The second-order valence-electron chi connectivity index (χ2n) is 10.4. The van der Waals surface area contributed by atoms with Gasteiger partial charge in [0.05, 0.1) is 29.1 Å². The molecule has 2 aromatic rings. The maximum absolute atomic E-state index is 13.5. The van der Waals surface area contributed by atoms with E-state index in [1.54, 1.807) is 19.9 Å².